The second kappa shape index (κ2) is 3.92. The van der Waals surface area contributed by atoms with Crippen molar-refractivity contribution in [1.82, 2.24) is 4.98 Å². The molecule has 0 unspecified atom stereocenters. The van der Waals surface area contributed by atoms with Gasteiger partial charge in [-0.05, 0) is 0 Å². The number of aliphatic hydroxyl groups is 1. The van der Waals surface area contributed by atoms with E-state index in [0.29, 0.717) is 0 Å². The van der Waals surface area contributed by atoms with Gasteiger partial charge in [-0.3, -0.25) is 4.98 Å². The lowest BCUT2D eigenvalue weighted by Crippen LogP contribution is -2.21. The Bertz CT molecular complexity index is 322. The number of hydrogen-bond acceptors (Lipinski definition) is 2. The summed E-state index contributed by atoms with van der Waals surface area (Å²) in [5.41, 5.74) is -0.573. The predicted octanol–water partition coefficient (Wildman–Crippen LogP) is 2.98. The highest BCUT2D eigenvalue weighted by atomic mass is 35.5. The van der Waals surface area contributed by atoms with Crippen molar-refractivity contribution in [2.75, 3.05) is 0 Å². The largest absolute Gasteiger partial charge is 0.418 e. The third-order valence-corrected chi connectivity index (χ3v) is 2.08. The number of pyridine rings is 1. The maximum atomic E-state index is 12.1. The van der Waals surface area contributed by atoms with Gasteiger partial charge < -0.3 is 5.11 Å². The lowest BCUT2D eigenvalue weighted by Gasteiger charge is -2.16. The quantitative estimate of drug-likeness (QED) is 0.826. The van der Waals surface area contributed by atoms with Crippen LogP contribution in [-0.2, 0) is 0 Å². The average Bonchev–Trinajstić information content (AvgIpc) is 2.01. The Kier molecular flexibility index (Phi) is 3.24. The van der Waals surface area contributed by atoms with Crippen molar-refractivity contribution in [3.05, 3.63) is 28.0 Å². The molecular weight excluding hydrogens is 242 g/mol. The summed E-state index contributed by atoms with van der Waals surface area (Å²) in [5.74, 6) is 0. The van der Waals surface area contributed by atoms with E-state index in [4.69, 9.17) is 28.3 Å². The molecule has 14 heavy (non-hydrogen) atoms. The minimum absolute atomic E-state index is 0.317. The summed E-state index contributed by atoms with van der Waals surface area (Å²) in [6.07, 6.45) is -5.52. The van der Waals surface area contributed by atoms with Gasteiger partial charge in [0.25, 0.3) is 0 Å². The van der Waals surface area contributed by atoms with E-state index in [1.807, 2.05) is 0 Å². The monoisotopic (exact) mass is 245 g/mol. The Balaban J connectivity index is 3.19. The standard InChI is InChI=1S/C7H4Cl2F3NO/c8-3-1-13-2-4(9)5(3)6(14)7(10,11)12/h1-2,6,14H/t6-/m0/s1. The molecule has 0 aliphatic heterocycles. The molecule has 2 nitrogen and oxygen atoms in total. The van der Waals surface area contributed by atoms with Crippen molar-refractivity contribution in [3.63, 3.8) is 0 Å². The first-order valence-electron chi connectivity index (χ1n) is 3.37. The van der Waals surface area contributed by atoms with Gasteiger partial charge in [0.15, 0.2) is 6.10 Å². The summed E-state index contributed by atoms with van der Waals surface area (Å²) in [7, 11) is 0. The highest BCUT2D eigenvalue weighted by molar-refractivity contribution is 6.35. The molecule has 0 radical (unpaired) electrons. The van der Waals surface area contributed by atoms with Crippen LogP contribution in [0.1, 0.15) is 11.7 Å². The van der Waals surface area contributed by atoms with Crippen LogP contribution in [0, 0.1) is 0 Å². The summed E-state index contributed by atoms with van der Waals surface area (Å²) in [4.78, 5) is 3.47. The summed E-state index contributed by atoms with van der Waals surface area (Å²) >= 11 is 10.8. The number of hydrogen-bond donors (Lipinski definition) is 1. The number of aliphatic hydroxyl groups excluding tert-OH is 1. The summed E-state index contributed by atoms with van der Waals surface area (Å²) in [5, 5.41) is 8.26. The molecule has 0 aromatic carbocycles. The van der Waals surface area contributed by atoms with Gasteiger partial charge in [0, 0.05) is 18.0 Å². The Hall–Kier alpha value is -0.520. The molecule has 1 aromatic rings. The molecular formula is C7H4Cl2F3NO. The molecule has 0 aliphatic carbocycles. The SMILES string of the molecule is O[C@@H](c1c(Cl)cncc1Cl)C(F)(F)F. The maximum Gasteiger partial charge on any atom is 0.418 e. The number of rotatable bonds is 1. The fraction of sp³-hybridized carbons (Fsp3) is 0.286. The van der Waals surface area contributed by atoms with E-state index in [-0.39, 0.29) is 10.0 Å². The molecule has 0 aliphatic rings. The van der Waals surface area contributed by atoms with Gasteiger partial charge in [-0.1, -0.05) is 23.2 Å². The number of halogens is 5. The van der Waals surface area contributed by atoms with Crippen molar-refractivity contribution >= 4 is 23.2 Å². The zero-order chi connectivity index (χ0) is 10.9. The first-order chi connectivity index (χ1) is 6.34. The molecule has 0 saturated heterocycles. The first kappa shape index (κ1) is 11.6. The number of aromatic nitrogens is 1. The first-order valence-corrected chi connectivity index (χ1v) is 4.13. The minimum atomic E-state index is -4.80. The van der Waals surface area contributed by atoms with Gasteiger partial charge in [-0.25, -0.2) is 0 Å². The van der Waals surface area contributed by atoms with Crippen molar-refractivity contribution in [2.24, 2.45) is 0 Å². The molecule has 1 aromatic heterocycles. The van der Waals surface area contributed by atoms with Crippen LogP contribution in [0.3, 0.4) is 0 Å². The fourth-order valence-electron chi connectivity index (χ4n) is 0.846. The van der Waals surface area contributed by atoms with E-state index >= 15 is 0 Å². The second-order valence-electron chi connectivity index (χ2n) is 2.46. The maximum absolute atomic E-state index is 12.1. The van der Waals surface area contributed by atoms with E-state index in [2.05, 4.69) is 4.98 Å². The molecule has 0 saturated carbocycles. The Morgan fingerprint density at radius 2 is 1.64 bits per heavy atom. The van der Waals surface area contributed by atoms with Gasteiger partial charge in [0.2, 0.25) is 0 Å². The topological polar surface area (TPSA) is 33.1 Å². The number of nitrogens with zero attached hydrogens (tertiary/aromatic N) is 1. The van der Waals surface area contributed by atoms with Crippen LogP contribution in [-0.4, -0.2) is 16.3 Å². The van der Waals surface area contributed by atoms with Crippen LogP contribution in [0.25, 0.3) is 0 Å². The molecule has 0 fully saturated rings. The normalized spacial score (nSPS) is 14.1. The van der Waals surface area contributed by atoms with E-state index in [1.165, 1.54) is 0 Å². The van der Waals surface area contributed by atoms with Crippen LogP contribution in [0.4, 0.5) is 13.2 Å². The molecule has 0 bridgehead atoms. The van der Waals surface area contributed by atoms with Crippen molar-refractivity contribution in [1.29, 1.82) is 0 Å². The third kappa shape index (κ3) is 2.29. The van der Waals surface area contributed by atoms with Crippen LogP contribution < -0.4 is 0 Å². The van der Waals surface area contributed by atoms with Crippen molar-refractivity contribution < 1.29 is 18.3 Å². The summed E-state index contributed by atoms with van der Waals surface area (Å²) in [6, 6.07) is 0. The zero-order valence-corrected chi connectivity index (χ0v) is 8.03. The fourth-order valence-corrected chi connectivity index (χ4v) is 1.42. The van der Waals surface area contributed by atoms with Crippen LogP contribution in [0.5, 0.6) is 0 Å². The van der Waals surface area contributed by atoms with Crippen LogP contribution in [0.15, 0.2) is 12.4 Å². The molecule has 0 amide bonds. The Labute approximate surface area is 87.3 Å². The van der Waals surface area contributed by atoms with Gasteiger partial charge >= 0.3 is 6.18 Å². The zero-order valence-electron chi connectivity index (χ0n) is 6.52. The molecule has 1 rings (SSSR count). The number of alkyl halides is 3. The highest BCUT2D eigenvalue weighted by Crippen LogP contribution is 2.38. The van der Waals surface area contributed by atoms with Gasteiger partial charge in [-0.15, -0.1) is 0 Å². The van der Waals surface area contributed by atoms with Crippen molar-refractivity contribution in [2.45, 2.75) is 12.3 Å². The Morgan fingerprint density at radius 3 is 2.00 bits per heavy atom. The van der Waals surface area contributed by atoms with E-state index < -0.39 is 17.8 Å². The summed E-state index contributed by atoms with van der Waals surface area (Å²) < 4.78 is 36.3. The van der Waals surface area contributed by atoms with Crippen molar-refractivity contribution in [3.8, 4) is 0 Å². The minimum Gasteiger partial charge on any atom is -0.379 e. The average molecular weight is 246 g/mol. The van der Waals surface area contributed by atoms with Gasteiger partial charge in [-0.2, -0.15) is 13.2 Å². The Morgan fingerprint density at radius 1 is 1.21 bits per heavy atom. The lowest BCUT2D eigenvalue weighted by atomic mass is 10.1. The second-order valence-corrected chi connectivity index (χ2v) is 3.28. The van der Waals surface area contributed by atoms with E-state index in [9.17, 15) is 13.2 Å². The highest BCUT2D eigenvalue weighted by Gasteiger charge is 2.41. The van der Waals surface area contributed by atoms with Gasteiger partial charge in [0.05, 0.1) is 10.0 Å². The molecule has 1 N–H and O–H groups in total. The van der Waals surface area contributed by atoms with Crippen LogP contribution in [0.2, 0.25) is 10.0 Å². The van der Waals surface area contributed by atoms with Crippen LogP contribution >= 0.6 is 23.2 Å². The van der Waals surface area contributed by atoms with E-state index in [1.54, 1.807) is 0 Å². The summed E-state index contributed by atoms with van der Waals surface area (Å²) in [6.45, 7) is 0. The molecule has 1 atom stereocenters. The molecule has 1 heterocycles. The predicted molar refractivity (Wildman–Crippen MR) is 45.3 cm³/mol. The van der Waals surface area contributed by atoms with Gasteiger partial charge in [0.1, 0.15) is 0 Å². The molecule has 0 spiro atoms. The molecule has 78 valence electrons. The van der Waals surface area contributed by atoms with E-state index in [0.717, 1.165) is 12.4 Å². The third-order valence-electron chi connectivity index (χ3n) is 1.47. The smallest absolute Gasteiger partial charge is 0.379 e. The lowest BCUT2D eigenvalue weighted by molar-refractivity contribution is -0.206. The molecule has 7 heteroatoms.